The highest BCUT2D eigenvalue weighted by Crippen LogP contribution is 2.23. The van der Waals surface area contributed by atoms with Crippen LogP contribution in [0.2, 0.25) is 0 Å². The van der Waals surface area contributed by atoms with Crippen molar-refractivity contribution in [3.63, 3.8) is 0 Å². The highest BCUT2D eigenvalue weighted by atomic mass is 79.9. The van der Waals surface area contributed by atoms with E-state index in [9.17, 15) is 0 Å². The number of halogens is 1. The third-order valence-electron chi connectivity index (χ3n) is 2.56. The summed E-state index contributed by atoms with van der Waals surface area (Å²) in [5, 5.41) is 12.3. The normalized spacial score (nSPS) is 12.8. The molecular weight excluding hydrogens is 294 g/mol. The van der Waals surface area contributed by atoms with Gasteiger partial charge in [-0.1, -0.05) is 36.7 Å². The van der Waals surface area contributed by atoms with E-state index in [4.69, 9.17) is 9.84 Å². The van der Waals surface area contributed by atoms with Crippen LogP contribution in [0.1, 0.15) is 26.3 Å². The molecule has 18 heavy (non-hydrogen) atoms. The van der Waals surface area contributed by atoms with Gasteiger partial charge in [0, 0.05) is 29.6 Å². The molecule has 3 nitrogen and oxygen atoms in total. The molecule has 1 unspecified atom stereocenters. The molecule has 0 aliphatic heterocycles. The van der Waals surface area contributed by atoms with Gasteiger partial charge in [0.1, 0.15) is 5.75 Å². The SMILES string of the molecule is CC(CO)COc1ccc(Br)c(CNC(C)C)c1. The van der Waals surface area contributed by atoms with Gasteiger partial charge in [0.05, 0.1) is 6.61 Å². The number of rotatable bonds is 7. The van der Waals surface area contributed by atoms with Gasteiger partial charge in [-0.15, -0.1) is 0 Å². The van der Waals surface area contributed by atoms with Crippen LogP contribution in [0, 0.1) is 5.92 Å². The summed E-state index contributed by atoms with van der Waals surface area (Å²) < 4.78 is 6.73. The number of hydrogen-bond donors (Lipinski definition) is 2. The molecule has 1 rings (SSSR count). The van der Waals surface area contributed by atoms with Gasteiger partial charge in [0.2, 0.25) is 0 Å². The maximum atomic E-state index is 8.96. The summed E-state index contributed by atoms with van der Waals surface area (Å²) >= 11 is 3.54. The van der Waals surface area contributed by atoms with Crippen molar-refractivity contribution in [2.24, 2.45) is 5.92 Å². The minimum absolute atomic E-state index is 0.151. The van der Waals surface area contributed by atoms with Gasteiger partial charge in [-0.2, -0.15) is 0 Å². The molecule has 0 radical (unpaired) electrons. The topological polar surface area (TPSA) is 41.5 Å². The van der Waals surface area contributed by atoms with Crippen molar-refractivity contribution in [1.29, 1.82) is 0 Å². The highest BCUT2D eigenvalue weighted by molar-refractivity contribution is 9.10. The first-order valence-electron chi connectivity index (χ1n) is 6.28. The largest absolute Gasteiger partial charge is 0.493 e. The van der Waals surface area contributed by atoms with Crippen LogP contribution in [0.5, 0.6) is 5.75 Å². The number of nitrogens with one attached hydrogen (secondary N) is 1. The van der Waals surface area contributed by atoms with Gasteiger partial charge >= 0.3 is 0 Å². The molecule has 1 aromatic carbocycles. The second kappa shape index (κ2) is 7.77. The molecule has 0 fully saturated rings. The molecule has 102 valence electrons. The van der Waals surface area contributed by atoms with Gasteiger partial charge in [0.25, 0.3) is 0 Å². The lowest BCUT2D eigenvalue weighted by Gasteiger charge is -2.14. The fourth-order valence-electron chi connectivity index (χ4n) is 1.38. The Morgan fingerprint density at radius 1 is 1.33 bits per heavy atom. The molecule has 0 spiro atoms. The van der Waals surface area contributed by atoms with Crippen LogP contribution in [-0.2, 0) is 6.54 Å². The molecule has 2 N–H and O–H groups in total. The van der Waals surface area contributed by atoms with E-state index in [1.54, 1.807) is 0 Å². The van der Waals surface area contributed by atoms with Crippen LogP contribution < -0.4 is 10.1 Å². The van der Waals surface area contributed by atoms with Crippen molar-refractivity contribution in [2.75, 3.05) is 13.2 Å². The zero-order chi connectivity index (χ0) is 13.5. The minimum Gasteiger partial charge on any atom is -0.493 e. The second-order valence-electron chi connectivity index (χ2n) is 4.89. The van der Waals surface area contributed by atoms with Gasteiger partial charge in [-0.25, -0.2) is 0 Å². The Hall–Kier alpha value is -0.580. The number of benzene rings is 1. The van der Waals surface area contributed by atoms with Crippen molar-refractivity contribution in [1.82, 2.24) is 5.32 Å². The molecule has 0 bridgehead atoms. The Bertz CT molecular complexity index is 369. The van der Waals surface area contributed by atoms with Crippen molar-refractivity contribution in [2.45, 2.75) is 33.4 Å². The van der Waals surface area contributed by atoms with Crippen molar-refractivity contribution >= 4 is 15.9 Å². The average Bonchev–Trinajstić information content (AvgIpc) is 2.35. The van der Waals surface area contributed by atoms with E-state index in [-0.39, 0.29) is 12.5 Å². The Labute approximate surface area is 118 Å². The predicted molar refractivity (Wildman–Crippen MR) is 77.9 cm³/mol. The lowest BCUT2D eigenvalue weighted by Crippen LogP contribution is -2.22. The van der Waals surface area contributed by atoms with Gasteiger partial charge in [-0.3, -0.25) is 0 Å². The summed E-state index contributed by atoms with van der Waals surface area (Å²) in [7, 11) is 0. The fourth-order valence-corrected chi connectivity index (χ4v) is 1.77. The average molecular weight is 316 g/mol. The highest BCUT2D eigenvalue weighted by Gasteiger charge is 2.05. The van der Waals surface area contributed by atoms with Crippen molar-refractivity contribution in [3.8, 4) is 5.75 Å². The van der Waals surface area contributed by atoms with Gasteiger partial charge < -0.3 is 15.2 Å². The number of hydrogen-bond acceptors (Lipinski definition) is 3. The molecule has 0 saturated carbocycles. The molecule has 0 saturated heterocycles. The van der Waals surface area contributed by atoms with E-state index >= 15 is 0 Å². The van der Waals surface area contributed by atoms with E-state index in [0.29, 0.717) is 12.6 Å². The van der Waals surface area contributed by atoms with Gasteiger partial charge in [-0.05, 0) is 23.8 Å². The van der Waals surface area contributed by atoms with Crippen LogP contribution in [-0.4, -0.2) is 24.4 Å². The lowest BCUT2D eigenvalue weighted by molar-refractivity contribution is 0.174. The maximum absolute atomic E-state index is 8.96. The maximum Gasteiger partial charge on any atom is 0.119 e. The smallest absolute Gasteiger partial charge is 0.119 e. The lowest BCUT2D eigenvalue weighted by atomic mass is 10.2. The molecular formula is C14H22BrNO2. The summed E-state index contributed by atoms with van der Waals surface area (Å²) in [5.41, 5.74) is 1.18. The summed E-state index contributed by atoms with van der Waals surface area (Å²) in [6, 6.07) is 6.42. The van der Waals surface area contributed by atoms with Crippen LogP contribution in [0.25, 0.3) is 0 Å². The second-order valence-corrected chi connectivity index (χ2v) is 5.74. The van der Waals surface area contributed by atoms with Crippen LogP contribution in [0.3, 0.4) is 0 Å². The van der Waals surface area contributed by atoms with E-state index < -0.39 is 0 Å². The first-order chi connectivity index (χ1) is 8.52. The molecule has 0 aliphatic carbocycles. The van der Waals surface area contributed by atoms with E-state index in [0.717, 1.165) is 16.8 Å². The number of aliphatic hydroxyl groups is 1. The zero-order valence-electron chi connectivity index (χ0n) is 11.2. The summed E-state index contributed by atoms with van der Waals surface area (Å²) in [6.45, 7) is 7.70. The molecule has 4 heteroatoms. The molecule has 0 heterocycles. The first kappa shape index (κ1) is 15.5. The Balaban J connectivity index is 2.62. The Morgan fingerprint density at radius 2 is 2.06 bits per heavy atom. The molecule has 0 aromatic heterocycles. The zero-order valence-corrected chi connectivity index (χ0v) is 12.8. The third-order valence-corrected chi connectivity index (χ3v) is 3.34. The first-order valence-corrected chi connectivity index (χ1v) is 7.07. The summed E-state index contributed by atoms with van der Waals surface area (Å²) in [6.07, 6.45) is 0. The predicted octanol–water partition coefficient (Wildman–Crippen LogP) is 2.95. The van der Waals surface area contributed by atoms with Crippen molar-refractivity contribution < 1.29 is 9.84 Å². The number of ether oxygens (including phenoxy) is 1. The van der Waals surface area contributed by atoms with Crippen LogP contribution >= 0.6 is 15.9 Å². The molecule has 0 amide bonds. The molecule has 1 aromatic rings. The molecule has 1 atom stereocenters. The van der Waals surface area contributed by atoms with E-state index in [1.165, 1.54) is 5.56 Å². The Morgan fingerprint density at radius 3 is 2.67 bits per heavy atom. The minimum atomic E-state index is 0.151. The van der Waals surface area contributed by atoms with Gasteiger partial charge in [0.15, 0.2) is 0 Å². The van der Waals surface area contributed by atoms with E-state index in [1.807, 2.05) is 25.1 Å². The van der Waals surface area contributed by atoms with E-state index in [2.05, 4.69) is 35.1 Å². The third kappa shape index (κ3) is 5.38. The number of aliphatic hydroxyl groups excluding tert-OH is 1. The summed E-state index contributed by atoms with van der Waals surface area (Å²) in [4.78, 5) is 0. The Kier molecular flexibility index (Phi) is 6.68. The quantitative estimate of drug-likeness (QED) is 0.813. The molecule has 0 aliphatic rings. The van der Waals surface area contributed by atoms with Crippen LogP contribution in [0.15, 0.2) is 22.7 Å². The summed E-state index contributed by atoms with van der Waals surface area (Å²) in [5.74, 6) is 1.00. The fraction of sp³-hybridized carbons (Fsp3) is 0.571. The van der Waals surface area contributed by atoms with Crippen molar-refractivity contribution in [3.05, 3.63) is 28.2 Å². The monoisotopic (exact) mass is 315 g/mol. The standard InChI is InChI=1S/C14H22BrNO2/c1-10(2)16-7-12-6-13(4-5-14(12)15)18-9-11(3)8-17/h4-6,10-11,16-17H,7-9H2,1-3H3. The van der Waals surface area contributed by atoms with Crippen LogP contribution in [0.4, 0.5) is 0 Å².